The maximum atomic E-state index is 12.6. The number of piperidine rings is 1. The molecule has 0 unspecified atom stereocenters. The van der Waals surface area contributed by atoms with Gasteiger partial charge in [0.05, 0.1) is 18.1 Å². The summed E-state index contributed by atoms with van der Waals surface area (Å²) in [6.45, 7) is 4.25. The molecule has 0 saturated carbocycles. The maximum absolute atomic E-state index is 12.6. The number of hydrogen-bond donors (Lipinski definition) is 1. The van der Waals surface area contributed by atoms with Gasteiger partial charge in [-0.3, -0.25) is 4.79 Å². The molecule has 1 aromatic rings. The zero-order valence-corrected chi connectivity index (χ0v) is 13.0. The van der Waals surface area contributed by atoms with Crippen molar-refractivity contribution in [2.24, 2.45) is 5.41 Å². The number of thiophene rings is 1. The highest BCUT2D eigenvalue weighted by atomic mass is 32.1. The maximum Gasteiger partial charge on any atom is 0.263 e. The molecule has 0 bridgehead atoms. The number of ether oxygens (including phenoxy) is 1. The molecular formula is C15H23NO3S. The fraction of sp³-hybridized carbons (Fsp3) is 0.667. The molecule has 1 amide bonds. The average molecular weight is 297 g/mol. The molecule has 0 aromatic carbocycles. The summed E-state index contributed by atoms with van der Waals surface area (Å²) in [5, 5.41) is 9.63. The molecule has 5 heteroatoms. The zero-order chi connectivity index (χ0) is 14.6. The van der Waals surface area contributed by atoms with Crippen molar-refractivity contribution in [1.82, 2.24) is 4.90 Å². The Kier molecular flexibility index (Phi) is 5.18. The minimum atomic E-state index is -0.111. The molecule has 1 aromatic heterocycles. The molecule has 0 aliphatic carbocycles. The summed E-state index contributed by atoms with van der Waals surface area (Å²) in [6.07, 6.45) is 2.88. The van der Waals surface area contributed by atoms with E-state index in [1.165, 1.54) is 11.3 Å². The number of hydrogen-bond acceptors (Lipinski definition) is 4. The van der Waals surface area contributed by atoms with Crippen LogP contribution in [0.1, 0.15) is 40.7 Å². The molecule has 2 rings (SSSR count). The largest absolute Gasteiger partial charge is 0.396 e. The Hall–Kier alpha value is -0.910. The number of methoxy groups -OCH3 is 1. The van der Waals surface area contributed by atoms with Crippen LogP contribution in [0.15, 0.2) is 12.1 Å². The number of aliphatic hydroxyl groups is 1. The van der Waals surface area contributed by atoms with E-state index in [1.807, 2.05) is 17.0 Å². The second-order valence-electron chi connectivity index (χ2n) is 5.54. The Morgan fingerprint density at radius 1 is 1.55 bits per heavy atom. The first kappa shape index (κ1) is 15.5. The van der Waals surface area contributed by atoms with Crippen molar-refractivity contribution in [3.8, 4) is 0 Å². The van der Waals surface area contributed by atoms with Crippen LogP contribution in [-0.2, 0) is 11.3 Å². The Morgan fingerprint density at radius 2 is 2.35 bits per heavy atom. The minimum Gasteiger partial charge on any atom is -0.396 e. The first-order valence-electron chi connectivity index (χ1n) is 7.12. The second kappa shape index (κ2) is 6.70. The van der Waals surface area contributed by atoms with Gasteiger partial charge in [0, 0.05) is 30.5 Å². The van der Waals surface area contributed by atoms with Crippen molar-refractivity contribution in [2.75, 3.05) is 26.8 Å². The molecule has 1 aliphatic heterocycles. The number of likely N-dealkylation sites (tertiary alicyclic amines) is 1. The van der Waals surface area contributed by atoms with Crippen LogP contribution in [-0.4, -0.2) is 42.7 Å². The van der Waals surface area contributed by atoms with E-state index in [0.717, 1.165) is 35.6 Å². The molecule has 0 radical (unpaired) electrons. The van der Waals surface area contributed by atoms with Gasteiger partial charge in [0.1, 0.15) is 0 Å². The first-order chi connectivity index (χ1) is 9.64. The predicted octanol–water partition coefficient (Wildman–Crippen LogP) is 2.52. The van der Waals surface area contributed by atoms with Crippen molar-refractivity contribution in [1.29, 1.82) is 0 Å². The Balaban J connectivity index is 2.07. The first-order valence-corrected chi connectivity index (χ1v) is 7.93. The fourth-order valence-electron chi connectivity index (χ4n) is 2.78. The third kappa shape index (κ3) is 3.22. The van der Waals surface area contributed by atoms with Gasteiger partial charge in [0.2, 0.25) is 0 Å². The van der Waals surface area contributed by atoms with E-state index >= 15 is 0 Å². The molecule has 20 heavy (non-hydrogen) atoms. The monoisotopic (exact) mass is 297 g/mol. The van der Waals surface area contributed by atoms with Crippen LogP contribution in [0.5, 0.6) is 0 Å². The normalized spacial score (nSPS) is 23.1. The van der Waals surface area contributed by atoms with Gasteiger partial charge in [-0.15, -0.1) is 11.3 Å². The Bertz CT molecular complexity index is 454. The fourth-order valence-corrected chi connectivity index (χ4v) is 3.73. The SMILES string of the molecule is CC[C@]1(CO)CCCN(C(=O)c2ccc(COC)s2)C1. The molecule has 112 valence electrons. The van der Waals surface area contributed by atoms with E-state index in [2.05, 4.69) is 6.92 Å². The highest BCUT2D eigenvalue weighted by Crippen LogP contribution is 2.33. The predicted molar refractivity (Wildman–Crippen MR) is 80.0 cm³/mol. The standard InChI is InChI=1S/C15H23NO3S/c1-3-15(11-17)7-4-8-16(10-15)14(18)13-6-5-12(20-13)9-19-2/h5-6,17H,3-4,7-11H2,1-2H3/t15-/m0/s1. The topological polar surface area (TPSA) is 49.8 Å². The van der Waals surface area contributed by atoms with E-state index in [-0.39, 0.29) is 17.9 Å². The number of rotatable bonds is 5. The molecule has 1 aliphatic rings. The Morgan fingerprint density at radius 3 is 3.00 bits per heavy atom. The summed E-state index contributed by atoms with van der Waals surface area (Å²) in [5.41, 5.74) is -0.111. The number of aliphatic hydroxyl groups excluding tert-OH is 1. The highest BCUT2D eigenvalue weighted by molar-refractivity contribution is 7.14. The molecule has 1 atom stereocenters. The molecule has 4 nitrogen and oxygen atoms in total. The lowest BCUT2D eigenvalue weighted by Crippen LogP contribution is -2.47. The van der Waals surface area contributed by atoms with Crippen LogP contribution in [0.4, 0.5) is 0 Å². The van der Waals surface area contributed by atoms with Gasteiger partial charge in [0.15, 0.2) is 0 Å². The van der Waals surface area contributed by atoms with Crippen LogP contribution >= 0.6 is 11.3 Å². The smallest absolute Gasteiger partial charge is 0.263 e. The summed E-state index contributed by atoms with van der Waals surface area (Å²) < 4.78 is 5.09. The summed E-state index contributed by atoms with van der Waals surface area (Å²) in [5.74, 6) is 0.0864. The number of amides is 1. The summed E-state index contributed by atoms with van der Waals surface area (Å²) in [4.78, 5) is 16.3. The Labute approximate surface area is 124 Å². The van der Waals surface area contributed by atoms with Crippen LogP contribution in [0.2, 0.25) is 0 Å². The number of carbonyl (C=O) groups excluding carboxylic acids is 1. The molecule has 1 saturated heterocycles. The molecule has 0 spiro atoms. The van der Waals surface area contributed by atoms with Gasteiger partial charge in [-0.1, -0.05) is 6.92 Å². The van der Waals surface area contributed by atoms with E-state index in [4.69, 9.17) is 4.74 Å². The van der Waals surface area contributed by atoms with Gasteiger partial charge >= 0.3 is 0 Å². The number of nitrogens with zero attached hydrogens (tertiary/aromatic N) is 1. The van der Waals surface area contributed by atoms with Gasteiger partial charge in [0.25, 0.3) is 5.91 Å². The third-order valence-corrected chi connectivity index (χ3v) is 5.24. The van der Waals surface area contributed by atoms with E-state index < -0.39 is 0 Å². The van der Waals surface area contributed by atoms with Crippen molar-refractivity contribution in [3.63, 3.8) is 0 Å². The summed E-state index contributed by atoms with van der Waals surface area (Å²) in [6, 6.07) is 3.83. The summed E-state index contributed by atoms with van der Waals surface area (Å²) in [7, 11) is 1.66. The zero-order valence-electron chi connectivity index (χ0n) is 12.2. The average Bonchev–Trinajstić information content (AvgIpc) is 2.95. The van der Waals surface area contributed by atoms with Gasteiger partial charge in [-0.05, 0) is 31.4 Å². The molecule has 1 N–H and O–H groups in total. The molecular weight excluding hydrogens is 274 g/mol. The van der Waals surface area contributed by atoms with E-state index in [9.17, 15) is 9.90 Å². The van der Waals surface area contributed by atoms with Crippen molar-refractivity contribution >= 4 is 17.2 Å². The molecule has 1 fully saturated rings. The highest BCUT2D eigenvalue weighted by Gasteiger charge is 2.35. The van der Waals surface area contributed by atoms with Crippen LogP contribution in [0.3, 0.4) is 0 Å². The van der Waals surface area contributed by atoms with Crippen molar-refractivity contribution < 1.29 is 14.6 Å². The van der Waals surface area contributed by atoms with Gasteiger partial charge < -0.3 is 14.7 Å². The third-order valence-electron chi connectivity index (χ3n) is 4.19. The van der Waals surface area contributed by atoms with Crippen molar-refractivity contribution in [3.05, 3.63) is 21.9 Å². The van der Waals surface area contributed by atoms with Crippen LogP contribution in [0, 0.1) is 5.41 Å². The van der Waals surface area contributed by atoms with E-state index in [1.54, 1.807) is 7.11 Å². The lowest BCUT2D eigenvalue weighted by atomic mass is 9.78. The van der Waals surface area contributed by atoms with Gasteiger partial charge in [-0.25, -0.2) is 0 Å². The quantitative estimate of drug-likeness (QED) is 0.908. The van der Waals surface area contributed by atoms with Gasteiger partial charge in [-0.2, -0.15) is 0 Å². The van der Waals surface area contributed by atoms with E-state index in [0.29, 0.717) is 13.2 Å². The number of carbonyl (C=O) groups is 1. The summed E-state index contributed by atoms with van der Waals surface area (Å²) >= 11 is 1.50. The minimum absolute atomic E-state index is 0.0864. The molecule has 2 heterocycles. The lowest BCUT2D eigenvalue weighted by molar-refractivity contribution is 0.0254. The van der Waals surface area contributed by atoms with Crippen LogP contribution < -0.4 is 0 Å². The van der Waals surface area contributed by atoms with Crippen molar-refractivity contribution in [2.45, 2.75) is 32.8 Å². The lowest BCUT2D eigenvalue weighted by Gasteiger charge is -2.41. The second-order valence-corrected chi connectivity index (χ2v) is 6.71. The van der Waals surface area contributed by atoms with Crippen LogP contribution in [0.25, 0.3) is 0 Å².